The van der Waals surface area contributed by atoms with Gasteiger partial charge >= 0.3 is 5.97 Å². The minimum absolute atomic E-state index is 0.344. The van der Waals surface area contributed by atoms with Crippen LogP contribution in [0.5, 0.6) is 0 Å². The Hall–Kier alpha value is -1.01. The van der Waals surface area contributed by atoms with Gasteiger partial charge in [0.25, 0.3) is 5.22 Å². The van der Waals surface area contributed by atoms with E-state index in [0.29, 0.717) is 24.0 Å². The van der Waals surface area contributed by atoms with Crippen LogP contribution in [0.15, 0.2) is 9.64 Å². The third-order valence-corrected chi connectivity index (χ3v) is 3.43. The van der Waals surface area contributed by atoms with E-state index in [4.69, 9.17) is 14.9 Å². The number of hydrogen-bond donors (Lipinski definition) is 1. The zero-order valence-corrected chi connectivity index (χ0v) is 12.1. The molecule has 0 aromatic carbocycles. The lowest BCUT2D eigenvalue weighted by atomic mass is 10.0. The minimum Gasteiger partial charge on any atom is -0.465 e. The maximum absolute atomic E-state index is 11.6. The number of hydrogen-bond acceptors (Lipinski definition) is 6. The molecule has 0 bridgehead atoms. The van der Waals surface area contributed by atoms with Crippen LogP contribution in [-0.2, 0) is 9.53 Å². The second-order valence-corrected chi connectivity index (χ2v) is 5.40. The first-order valence-corrected chi connectivity index (χ1v) is 6.88. The second-order valence-electron chi connectivity index (χ2n) is 4.36. The third-order valence-electron chi connectivity index (χ3n) is 2.60. The van der Waals surface area contributed by atoms with Crippen molar-refractivity contribution in [3.8, 4) is 0 Å². The Bertz CT molecular complexity index is 396. The SMILES string of the molecule is CCOC(=O)C(C)(N)CCSc1nc(C)c(C)o1. The molecule has 102 valence electrons. The molecule has 0 spiro atoms. The highest BCUT2D eigenvalue weighted by Crippen LogP contribution is 2.23. The van der Waals surface area contributed by atoms with Crippen molar-refractivity contribution in [2.24, 2.45) is 5.73 Å². The molecule has 0 radical (unpaired) electrons. The first kappa shape index (κ1) is 15.0. The smallest absolute Gasteiger partial charge is 0.325 e. The first-order chi connectivity index (χ1) is 8.36. The van der Waals surface area contributed by atoms with E-state index in [2.05, 4.69) is 4.98 Å². The number of aromatic nitrogens is 1. The summed E-state index contributed by atoms with van der Waals surface area (Å²) in [6, 6.07) is 0. The number of rotatable bonds is 6. The summed E-state index contributed by atoms with van der Waals surface area (Å²) in [6.07, 6.45) is 0.511. The molecular weight excluding hydrogens is 252 g/mol. The van der Waals surface area contributed by atoms with Gasteiger partial charge in [-0.05, 0) is 34.1 Å². The fourth-order valence-electron chi connectivity index (χ4n) is 1.25. The molecule has 18 heavy (non-hydrogen) atoms. The first-order valence-electron chi connectivity index (χ1n) is 5.89. The second kappa shape index (κ2) is 6.24. The Balaban J connectivity index is 2.43. The molecule has 1 aromatic rings. The Morgan fingerprint density at radius 2 is 2.22 bits per heavy atom. The third kappa shape index (κ3) is 4.03. The summed E-state index contributed by atoms with van der Waals surface area (Å²) in [7, 11) is 0. The van der Waals surface area contributed by atoms with Gasteiger partial charge in [0.2, 0.25) is 0 Å². The molecule has 1 heterocycles. The fraction of sp³-hybridized carbons (Fsp3) is 0.667. The summed E-state index contributed by atoms with van der Waals surface area (Å²) in [5, 5.41) is 0.615. The normalized spacial score (nSPS) is 14.3. The van der Waals surface area contributed by atoms with Gasteiger partial charge in [-0.25, -0.2) is 4.98 Å². The molecule has 6 heteroatoms. The molecule has 0 aliphatic carbocycles. The van der Waals surface area contributed by atoms with Gasteiger partial charge in [-0.2, -0.15) is 0 Å². The van der Waals surface area contributed by atoms with Gasteiger partial charge < -0.3 is 14.9 Å². The van der Waals surface area contributed by atoms with Crippen LogP contribution >= 0.6 is 11.8 Å². The van der Waals surface area contributed by atoms with Gasteiger partial charge in [0, 0.05) is 5.75 Å². The number of oxazole rings is 1. The van der Waals surface area contributed by atoms with E-state index in [1.54, 1.807) is 13.8 Å². The maximum Gasteiger partial charge on any atom is 0.325 e. The monoisotopic (exact) mass is 272 g/mol. The molecule has 0 aliphatic rings. The summed E-state index contributed by atoms with van der Waals surface area (Å²) in [5.41, 5.74) is 5.84. The number of carbonyl (C=O) groups is 1. The van der Waals surface area contributed by atoms with Crippen LogP contribution in [0.2, 0.25) is 0 Å². The van der Waals surface area contributed by atoms with E-state index in [-0.39, 0.29) is 5.97 Å². The van der Waals surface area contributed by atoms with Gasteiger partial charge in [-0.3, -0.25) is 4.79 Å². The number of thioether (sulfide) groups is 1. The summed E-state index contributed by atoms with van der Waals surface area (Å²) >= 11 is 1.45. The number of aryl methyl sites for hydroxylation is 2. The number of esters is 1. The van der Waals surface area contributed by atoms with Crippen molar-refractivity contribution in [3.05, 3.63) is 11.5 Å². The predicted molar refractivity (Wildman–Crippen MR) is 70.5 cm³/mol. The number of carbonyl (C=O) groups excluding carboxylic acids is 1. The summed E-state index contributed by atoms with van der Waals surface area (Å²) in [4.78, 5) is 15.8. The summed E-state index contributed by atoms with van der Waals surface area (Å²) < 4.78 is 10.4. The molecule has 2 N–H and O–H groups in total. The molecule has 0 fully saturated rings. The molecule has 0 amide bonds. The fourth-order valence-corrected chi connectivity index (χ4v) is 2.34. The largest absolute Gasteiger partial charge is 0.465 e. The lowest BCUT2D eigenvalue weighted by Crippen LogP contribution is -2.46. The zero-order valence-electron chi connectivity index (χ0n) is 11.3. The molecule has 0 aliphatic heterocycles. The topological polar surface area (TPSA) is 78.4 Å². The van der Waals surface area contributed by atoms with E-state index in [9.17, 15) is 4.79 Å². The number of nitrogens with zero attached hydrogens (tertiary/aromatic N) is 1. The van der Waals surface area contributed by atoms with Crippen molar-refractivity contribution in [3.63, 3.8) is 0 Å². The summed E-state index contributed by atoms with van der Waals surface area (Å²) in [6.45, 7) is 7.56. The van der Waals surface area contributed by atoms with Gasteiger partial charge in [0.05, 0.1) is 12.3 Å². The molecule has 0 saturated heterocycles. The molecule has 5 nitrogen and oxygen atoms in total. The van der Waals surface area contributed by atoms with Crippen LogP contribution in [-0.4, -0.2) is 28.9 Å². The van der Waals surface area contributed by atoms with E-state index in [0.717, 1.165) is 11.5 Å². The lowest BCUT2D eigenvalue weighted by molar-refractivity contribution is -0.149. The highest BCUT2D eigenvalue weighted by molar-refractivity contribution is 7.99. The molecule has 1 aromatic heterocycles. The average molecular weight is 272 g/mol. The van der Waals surface area contributed by atoms with Gasteiger partial charge in [0.15, 0.2) is 0 Å². The minimum atomic E-state index is -0.959. The maximum atomic E-state index is 11.6. The van der Waals surface area contributed by atoms with Crippen molar-refractivity contribution in [2.75, 3.05) is 12.4 Å². The van der Waals surface area contributed by atoms with Crippen LogP contribution < -0.4 is 5.73 Å². The van der Waals surface area contributed by atoms with Crippen molar-refractivity contribution >= 4 is 17.7 Å². The molecular formula is C12H20N2O3S. The lowest BCUT2D eigenvalue weighted by Gasteiger charge is -2.21. The molecule has 1 rings (SSSR count). The van der Waals surface area contributed by atoms with Crippen LogP contribution in [0.1, 0.15) is 31.7 Å². The molecule has 1 unspecified atom stereocenters. The Morgan fingerprint density at radius 1 is 1.56 bits per heavy atom. The van der Waals surface area contributed by atoms with Crippen LogP contribution in [0.25, 0.3) is 0 Å². The van der Waals surface area contributed by atoms with Crippen LogP contribution in [0.4, 0.5) is 0 Å². The standard InChI is InChI=1S/C12H20N2O3S/c1-5-16-10(15)12(4,13)6-7-18-11-14-8(2)9(3)17-11/h5-7,13H2,1-4H3. The zero-order chi connectivity index (χ0) is 13.8. The van der Waals surface area contributed by atoms with Crippen molar-refractivity contribution in [1.82, 2.24) is 4.98 Å². The van der Waals surface area contributed by atoms with Crippen LogP contribution in [0.3, 0.4) is 0 Å². The van der Waals surface area contributed by atoms with E-state index >= 15 is 0 Å². The number of ether oxygens (including phenoxy) is 1. The van der Waals surface area contributed by atoms with Crippen LogP contribution in [0, 0.1) is 13.8 Å². The predicted octanol–water partition coefficient (Wildman–Crippen LogP) is 2.05. The van der Waals surface area contributed by atoms with E-state index < -0.39 is 5.54 Å². The van der Waals surface area contributed by atoms with Crippen molar-refractivity contribution in [1.29, 1.82) is 0 Å². The Kier molecular flexibility index (Phi) is 5.22. The van der Waals surface area contributed by atoms with Gasteiger partial charge in [-0.1, -0.05) is 11.8 Å². The highest BCUT2D eigenvalue weighted by Gasteiger charge is 2.29. The summed E-state index contributed by atoms with van der Waals surface area (Å²) in [5.74, 6) is 1.11. The number of nitrogens with two attached hydrogens (primary N) is 1. The van der Waals surface area contributed by atoms with Gasteiger partial charge in [-0.15, -0.1) is 0 Å². The Morgan fingerprint density at radius 3 is 2.72 bits per heavy atom. The quantitative estimate of drug-likeness (QED) is 0.631. The van der Waals surface area contributed by atoms with E-state index in [1.807, 2.05) is 13.8 Å². The van der Waals surface area contributed by atoms with Gasteiger partial charge in [0.1, 0.15) is 11.3 Å². The molecule has 1 atom stereocenters. The van der Waals surface area contributed by atoms with E-state index in [1.165, 1.54) is 11.8 Å². The van der Waals surface area contributed by atoms with Crippen molar-refractivity contribution < 1.29 is 13.9 Å². The molecule has 0 saturated carbocycles. The average Bonchev–Trinajstić information content (AvgIpc) is 2.58. The Labute approximate surface area is 111 Å². The van der Waals surface area contributed by atoms with Crippen molar-refractivity contribution in [2.45, 2.75) is 44.9 Å². The highest BCUT2D eigenvalue weighted by atomic mass is 32.2.